The van der Waals surface area contributed by atoms with Crippen LogP contribution in [-0.4, -0.2) is 30.7 Å². The lowest BCUT2D eigenvalue weighted by Crippen LogP contribution is -2.47. The van der Waals surface area contributed by atoms with Crippen molar-refractivity contribution in [3.05, 3.63) is 34.1 Å². The van der Waals surface area contributed by atoms with Gasteiger partial charge in [0.15, 0.2) is 11.5 Å². The fourth-order valence-corrected chi connectivity index (χ4v) is 5.34. The van der Waals surface area contributed by atoms with E-state index in [4.69, 9.17) is 9.47 Å². The Hall–Kier alpha value is -2.17. The maximum Gasteiger partial charge on any atom is 0.303 e. The summed E-state index contributed by atoms with van der Waals surface area (Å²) < 4.78 is 11.0. The lowest BCUT2D eigenvalue weighted by atomic mass is 9.53. The van der Waals surface area contributed by atoms with Crippen molar-refractivity contribution in [1.82, 2.24) is 0 Å². The average molecular weight is 386 g/mol. The number of hydrogen-bond donors (Lipinski definition) is 0. The Morgan fingerprint density at radius 1 is 1.14 bits per heavy atom. The number of fused-ring (bicyclic) bond motifs is 2. The summed E-state index contributed by atoms with van der Waals surface area (Å²) in [7, 11) is 1.44. The number of ketones is 2. The van der Waals surface area contributed by atoms with Crippen LogP contribution in [0.4, 0.5) is 0 Å². The van der Waals surface area contributed by atoms with Gasteiger partial charge >= 0.3 is 5.97 Å². The maximum atomic E-state index is 13.6. The first-order valence-electron chi connectivity index (χ1n) is 9.98. The van der Waals surface area contributed by atoms with E-state index in [0.29, 0.717) is 16.7 Å². The van der Waals surface area contributed by atoms with Gasteiger partial charge in [-0.15, -0.1) is 0 Å². The minimum absolute atomic E-state index is 0.131. The topological polar surface area (TPSA) is 69.7 Å². The van der Waals surface area contributed by atoms with Gasteiger partial charge in [0.1, 0.15) is 6.10 Å². The van der Waals surface area contributed by atoms with E-state index in [9.17, 15) is 14.4 Å². The van der Waals surface area contributed by atoms with Crippen LogP contribution in [-0.2, 0) is 23.9 Å². The SMILES string of the molecule is COC1=C(C(C)C)C(=O)C2=C(C1=O)[C@@]1(C)CCCC(C)(C)C1=CC2OC(C)=O. The van der Waals surface area contributed by atoms with Crippen LogP contribution in [0.25, 0.3) is 0 Å². The van der Waals surface area contributed by atoms with Crippen LogP contribution in [0.3, 0.4) is 0 Å². The Kier molecular flexibility index (Phi) is 4.93. The molecule has 2 atom stereocenters. The molecule has 0 aromatic rings. The molecule has 0 aromatic heterocycles. The molecule has 152 valence electrons. The quantitative estimate of drug-likeness (QED) is 0.415. The molecular formula is C23H30O5. The maximum absolute atomic E-state index is 13.6. The summed E-state index contributed by atoms with van der Waals surface area (Å²) in [5, 5.41) is 0. The molecule has 3 aliphatic rings. The minimum atomic E-state index is -0.837. The molecule has 1 saturated carbocycles. The number of rotatable bonds is 3. The van der Waals surface area contributed by atoms with Crippen molar-refractivity contribution in [2.24, 2.45) is 16.7 Å². The summed E-state index contributed by atoms with van der Waals surface area (Å²) in [5.41, 5.74) is 1.48. The molecule has 28 heavy (non-hydrogen) atoms. The fourth-order valence-electron chi connectivity index (χ4n) is 5.34. The first-order valence-corrected chi connectivity index (χ1v) is 9.98. The van der Waals surface area contributed by atoms with Crippen molar-refractivity contribution in [2.75, 3.05) is 7.11 Å². The largest absolute Gasteiger partial charge is 0.492 e. The first-order chi connectivity index (χ1) is 13.0. The highest BCUT2D eigenvalue weighted by atomic mass is 16.5. The normalized spacial score (nSPS) is 29.4. The van der Waals surface area contributed by atoms with Crippen LogP contribution >= 0.6 is 0 Å². The molecule has 1 unspecified atom stereocenters. The summed E-state index contributed by atoms with van der Waals surface area (Å²) in [4.78, 5) is 38.9. The third kappa shape index (κ3) is 2.87. The summed E-state index contributed by atoms with van der Waals surface area (Å²) in [6.07, 6.45) is 3.80. The van der Waals surface area contributed by atoms with E-state index in [1.807, 2.05) is 26.8 Å². The number of carbonyl (C=O) groups is 3. The zero-order valence-electron chi connectivity index (χ0n) is 17.9. The van der Waals surface area contributed by atoms with Crippen LogP contribution in [0.5, 0.6) is 0 Å². The molecule has 3 aliphatic carbocycles. The Balaban J connectivity index is 2.29. The molecule has 5 nitrogen and oxygen atoms in total. The molecule has 0 saturated heterocycles. The standard InChI is InChI=1S/C23H30O5/c1-12(2)16-19(25)17-14(28-13(3)24)11-15-22(4,5)9-8-10-23(15,6)18(17)20(26)21(16)27-7/h11-12,14H,8-10H2,1-7H3/t14?,23-/m0/s1. The number of methoxy groups -OCH3 is 1. The van der Waals surface area contributed by atoms with E-state index in [-0.39, 0.29) is 28.7 Å². The van der Waals surface area contributed by atoms with Crippen molar-refractivity contribution in [2.45, 2.75) is 66.9 Å². The van der Waals surface area contributed by atoms with Gasteiger partial charge in [0.2, 0.25) is 5.78 Å². The van der Waals surface area contributed by atoms with Crippen molar-refractivity contribution in [3.63, 3.8) is 0 Å². The number of ether oxygens (including phenoxy) is 2. The molecule has 1 fully saturated rings. The summed E-state index contributed by atoms with van der Waals surface area (Å²) in [6.45, 7) is 11.4. The van der Waals surface area contributed by atoms with Gasteiger partial charge in [0.05, 0.1) is 12.7 Å². The predicted molar refractivity (Wildman–Crippen MR) is 105 cm³/mol. The zero-order chi connectivity index (χ0) is 21.0. The molecule has 0 aromatic carbocycles. The highest BCUT2D eigenvalue weighted by molar-refractivity contribution is 6.26. The van der Waals surface area contributed by atoms with E-state index < -0.39 is 17.5 Å². The smallest absolute Gasteiger partial charge is 0.303 e. The molecule has 3 rings (SSSR count). The highest BCUT2D eigenvalue weighted by Crippen LogP contribution is 2.59. The second-order valence-corrected chi connectivity index (χ2v) is 9.23. The Morgan fingerprint density at radius 2 is 1.79 bits per heavy atom. The van der Waals surface area contributed by atoms with Crippen molar-refractivity contribution in [1.29, 1.82) is 0 Å². The molecule has 0 radical (unpaired) electrons. The summed E-state index contributed by atoms with van der Waals surface area (Å²) >= 11 is 0. The number of hydrogen-bond acceptors (Lipinski definition) is 5. The third-order valence-corrected chi connectivity index (χ3v) is 6.47. The monoisotopic (exact) mass is 386 g/mol. The molecule has 0 spiro atoms. The number of esters is 1. The first kappa shape index (κ1) is 20.6. The number of carbonyl (C=O) groups excluding carboxylic acids is 3. The van der Waals surface area contributed by atoms with E-state index in [1.165, 1.54) is 14.0 Å². The van der Waals surface area contributed by atoms with Crippen LogP contribution < -0.4 is 0 Å². The lowest BCUT2D eigenvalue weighted by Gasteiger charge is -2.51. The van der Waals surface area contributed by atoms with Gasteiger partial charge < -0.3 is 9.47 Å². The second kappa shape index (κ2) is 6.71. The predicted octanol–water partition coefficient (Wildman–Crippen LogP) is 4.08. The molecule has 5 heteroatoms. The molecule has 0 bridgehead atoms. The average Bonchev–Trinajstić information content (AvgIpc) is 2.56. The highest BCUT2D eigenvalue weighted by Gasteiger charge is 2.54. The molecule has 0 amide bonds. The van der Waals surface area contributed by atoms with Crippen LogP contribution in [0.15, 0.2) is 34.1 Å². The third-order valence-electron chi connectivity index (χ3n) is 6.47. The van der Waals surface area contributed by atoms with E-state index in [0.717, 1.165) is 24.8 Å². The van der Waals surface area contributed by atoms with E-state index in [1.54, 1.807) is 0 Å². The van der Waals surface area contributed by atoms with Crippen LogP contribution in [0.2, 0.25) is 0 Å². The molecule has 0 heterocycles. The van der Waals surface area contributed by atoms with Gasteiger partial charge in [-0.2, -0.15) is 0 Å². The summed E-state index contributed by atoms with van der Waals surface area (Å²) in [6, 6.07) is 0. The van der Waals surface area contributed by atoms with Crippen molar-refractivity contribution >= 4 is 17.5 Å². The van der Waals surface area contributed by atoms with Crippen molar-refractivity contribution in [3.8, 4) is 0 Å². The Labute approximate surface area is 166 Å². The second-order valence-electron chi connectivity index (χ2n) is 9.23. The van der Waals surface area contributed by atoms with E-state index in [2.05, 4.69) is 13.8 Å². The zero-order valence-corrected chi connectivity index (χ0v) is 17.9. The minimum Gasteiger partial charge on any atom is -0.492 e. The molecule has 0 aliphatic heterocycles. The Bertz CT molecular complexity index is 852. The van der Waals surface area contributed by atoms with E-state index >= 15 is 0 Å². The van der Waals surface area contributed by atoms with Crippen LogP contribution in [0.1, 0.15) is 60.8 Å². The van der Waals surface area contributed by atoms with Gasteiger partial charge in [0.25, 0.3) is 0 Å². The van der Waals surface area contributed by atoms with Gasteiger partial charge in [-0.25, -0.2) is 0 Å². The van der Waals surface area contributed by atoms with Gasteiger partial charge in [0, 0.05) is 23.5 Å². The van der Waals surface area contributed by atoms with Crippen molar-refractivity contribution < 1.29 is 23.9 Å². The number of Topliss-reactive ketones (excluding diaryl/α,β-unsaturated/α-hetero) is 2. The van der Waals surface area contributed by atoms with Gasteiger partial charge in [-0.3, -0.25) is 14.4 Å². The molecule has 0 N–H and O–H groups in total. The molecular weight excluding hydrogens is 356 g/mol. The lowest BCUT2D eigenvalue weighted by molar-refractivity contribution is -0.143. The fraction of sp³-hybridized carbons (Fsp3) is 0.609. The summed E-state index contributed by atoms with van der Waals surface area (Å²) in [5.74, 6) is -1.01. The van der Waals surface area contributed by atoms with Gasteiger partial charge in [-0.05, 0) is 30.3 Å². The number of allylic oxidation sites excluding steroid dienone is 3. The van der Waals surface area contributed by atoms with Gasteiger partial charge in [-0.1, -0.05) is 46.6 Å². The Morgan fingerprint density at radius 3 is 2.32 bits per heavy atom. The van der Waals surface area contributed by atoms with Crippen LogP contribution in [0, 0.1) is 16.7 Å².